The number of halogens is 4. The fourth-order valence-corrected chi connectivity index (χ4v) is 3.10. The van der Waals surface area contributed by atoms with Gasteiger partial charge >= 0.3 is 6.36 Å². The largest absolute Gasteiger partial charge is 0.573 e. The number of benzene rings is 1. The van der Waals surface area contributed by atoms with E-state index in [-0.39, 0.29) is 5.75 Å². The predicted octanol–water partition coefficient (Wildman–Crippen LogP) is 5.34. The van der Waals surface area contributed by atoms with Gasteiger partial charge in [0.15, 0.2) is 0 Å². The van der Waals surface area contributed by atoms with Gasteiger partial charge < -0.3 is 10.1 Å². The zero-order valence-electron chi connectivity index (χ0n) is 11.1. The smallest absolute Gasteiger partial charge is 0.405 e. The Hall–Kier alpha value is -0.910. The van der Waals surface area contributed by atoms with Gasteiger partial charge in [0.2, 0.25) is 0 Å². The zero-order valence-corrected chi connectivity index (χ0v) is 12.7. The van der Waals surface area contributed by atoms with Crippen LogP contribution in [0.15, 0.2) is 22.7 Å². The van der Waals surface area contributed by atoms with Crippen LogP contribution in [0.1, 0.15) is 32.6 Å². The lowest BCUT2D eigenvalue weighted by Gasteiger charge is -2.22. The van der Waals surface area contributed by atoms with Crippen LogP contribution in [0.4, 0.5) is 18.9 Å². The van der Waals surface area contributed by atoms with Gasteiger partial charge in [-0.15, -0.1) is 13.2 Å². The molecule has 1 aromatic carbocycles. The molecule has 0 aromatic heterocycles. The van der Waals surface area contributed by atoms with Gasteiger partial charge in [0.05, 0.1) is 4.47 Å². The maximum absolute atomic E-state index is 12.2. The lowest BCUT2D eigenvalue weighted by molar-refractivity contribution is -0.274. The van der Waals surface area contributed by atoms with Crippen molar-refractivity contribution in [3.63, 3.8) is 0 Å². The van der Waals surface area contributed by atoms with Crippen LogP contribution < -0.4 is 10.1 Å². The Balaban J connectivity index is 2.01. The standard InChI is InChI=1S/C14H17BrF3NO/c1-9(10-4-2-3-5-10)19-11-6-7-13(12(15)8-11)20-14(16,17)18/h6-10,19H,2-5H2,1H3. The Morgan fingerprint density at radius 2 is 1.95 bits per heavy atom. The SMILES string of the molecule is CC(Nc1ccc(OC(F)(F)F)c(Br)c1)C1CCCC1. The van der Waals surface area contributed by atoms with Gasteiger partial charge in [0.25, 0.3) is 0 Å². The maximum atomic E-state index is 12.2. The summed E-state index contributed by atoms with van der Waals surface area (Å²) in [6.07, 6.45) is 0.279. The molecule has 0 saturated heterocycles. The molecular weight excluding hydrogens is 335 g/mol. The van der Waals surface area contributed by atoms with Crippen molar-refractivity contribution >= 4 is 21.6 Å². The maximum Gasteiger partial charge on any atom is 0.573 e. The van der Waals surface area contributed by atoms with Gasteiger partial charge in [-0.3, -0.25) is 0 Å². The molecule has 1 fully saturated rings. The van der Waals surface area contributed by atoms with E-state index >= 15 is 0 Å². The highest BCUT2D eigenvalue weighted by Crippen LogP contribution is 2.34. The number of rotatable bonds is 4. The Bertz CT molecular complexity index is 458. The number of hydrogen-bond donors (Lipinski definition) is 1. The van der Waals surface area contributed by atoms with E-state index in [2.05, 4.69) is 32.9 Å². The molecule has 112 valence electrons. The quantitative estimate of drug-likeness (QED) is 0.790. The highest BCUT2D eigenvalue weighted by Gasteiger charge is 2.32. The summed E-state index contributed by atoms with van der Waals surface area (Å²) < 4.78 is 40.7. The summed E-state index contributed by atoms with van der Waals surface area (Å²) in [4.78, 5) is 0. The Labute approximate surface area is 124 Å². The summed E-state index contributed by atoms with van der Waals surface area (Å²) in [5.41, 5.74) is 0.797. The van der Waals surface area contributed by atoms with Gasteiger partial charge in [-0.2, -0.15) is 0 Å². The van der Waals surface area contributed by atoms with Crippen molar-refractivity contribution in [2.24, 2.45) is 5.92 Å². The average Bonchev–Trinajstić information content (AvgIpc) is 2.85. The minimum Gasteiger partial charge on any atom is -0.405 e. The van der Waals surface area contributed by atoms with Crippen molar-refractivity contribution in [1.29, 1.82) is 0 Å². The second-order valence-corrected chi connectivity index (χ2v) is 6.02. The molecule has 0 heterocycles. The lowest BCUT2D eigenvalue weighted by atomic mass is 9.99. The third-order valence-corrected chi connectivity index (χ3v) is 4.28. The number of hydrogen-bond acceptors (Lipinski definition) is 2. The highest BCUT2D eigenvalue weighted by molar-refractivity contribution is 9.10. The number of alkyl halides is 3. The van der Waals surface area contributed by atoms with E-state index in [4.69, 9.17) is 0 Å². The van der Waals surface area contributed by atoms with Crippen molar-refractivity contribution < 1.29 is 17.9 Å². The molecule has 0 radical (unpaired) electrons. The molecule has 1 N–H and O–H groups in total. The van der Waals surface area contributed by atoms with Gasteiger partial charge in [-0.05, 0) is 59.8 Å². The van der Waals surface area contributed by atoms with Crippen LogP contribution in [0.3, 0.4) is 0 Å². The van der Waals surface area contributed by atoms with Crippen molar-refractivity contribution in [3.8, 4) is 5.75 Å². The fourth-order valence-electron chi connectivity index (χ4n) is 2.64. The van der Waals surface area contributed by atoms with Crippen LogP contribution in [-0.4, -0.2) is 12.4 Å². The first-order chi connectivity index (χ1) is 9.35. The summed E-state index contributed by atoms with van der Waals surface area (Å²) in [5, 5.41) is 3.35. The monoisotopic (exact) mass is 351 g/mol. The Morgan fingerprint density at radius 3 is 2.50 bits per heavy atom. The van der Waals surface area contributed by atoms with E-state index < -0.39 is 6.36 Å². The molecule has 6 heteroatoms. The molecule has 0 bridgehead atoms. The molecule has 1 unspecified atom stereocenters. The summed E-state index contributed by atoms with van der Waals surface area (Å²) in [7, 11) is 0. The van der Waals surface area contributed by atoms with Crippen LogP contribution in [0.2, 0.25) is 0 Å². The first-order valence-corrected chi connectivity index (χ1v) is 7.46. The van der Waals surface area contributed by atoms with E-state index in [0.29, 0.717) is 16.4 Å². The minimum absolute atomic E-state index is 0.225. The molecular formula is C14H17BrF3NO. The van der Waals surface area contributed by atoms with Crippen molar-refractivity contribution in [1.82, 2.24) is 0 Å². The fraction of sp³-hybridized carbons (Fsp3) is 0.571. The van der Waals surface area contributed by atoms with Crippen LogP contribution in [-0.2, 0) is 0 Å². The van der Waals surface area contributed by atoms with E-state index in [0.717, 1.165) is 5.69 Å². The van der Waals surface area contributed by atoms with Gasteiger partial charge in [-0.1, -0.05) is 12.8 Å². The number of nitrogens with one attached hydrogen (secondary N) is 1. The first kappa shape index (κ1) is 15.5. The average molecular weight is 352 g/mol. The molecule has 0 aliphatic heterocycles. The summed E-state index contributed by atoms with van der Waals surface area (Å²) in [5.74, 6) is 0.413. The molecule has 1 saturated carbocycles. The summed E-state index contributed by atoms with van der Waals surface area (Å²) in [6.45, 7) is 2.12. The molecule has 1 aliphatic rings. The third kappa shape index (κ3) is 4.30. The summed E-state index contributed by atoms with van der Waals surface area (Å²) >= 11 is 3.11. The normalized spacial score (nSPS) is 18.1. The van der Waals surface area contributed by atoms with Crippen LogP contribution in [0.5, 0.6) is 5.75 Å². The molecule has 1 atom stereocenters. The van der Waals surface area contributed by atoms with E-state index in [1.165, 1.54) is 31.7 Å². The molecule has 0 spiro atoms. The third-order valence-electron chi connectivity index (χ3n) is 3.66. The molecule has 2 nitrogen and oxygen atoms in total. The molecule has 0 amide bonds. The second-order valence-electron chi connectivity index (χ2n) is 5.17. The highest BCUT2D eigenvalue weighted by atomic mass is 79.9. The van der Waals surface area contributed by atoms with E-state index in [1.54, 1.807) is 12.1 Å². The Kier molecular flexibility index (Phi) is 4.83. The predicted molar refractivity (Wildman–Crippen MR) is 75.9 cm³/mol. The van der Waals surface area contributed by atoms with Gasteiger partial charge in [0, 0.05) is 11.7 Å². The van der Waals surface area contributed by atoms with Crippen LogP contribution >= 0.6 is 15.9 Å². The Morgan fingerprint density at radius 1 is 1.30 bits per heavy atom. The topological polar surface area (TPSA) is 21.3 Å². The van der Waals surface area contributed by atoms with Gasteiger partial charge in [0.1, 0.15) is 5.75 Å². The molecule has 1 aromatic rings. The zero-order chi connectivity index (χ0) is 14.8. The molecule has 2 rings (SSSR count). The lowest BCUT2D eigenvalue weighted by Crippen LogP contribution is -2.23. The summed E-state index contributed by atoms with van der Waals surface area (Å²) in [6, 6.07) is 4.87. The van der Waals surface area contributed by atoms with Gasteiger partial charge in [-0.25, -0.2) is 0 Å². The van der Waals surface area contributed by atoms with Crippen molar-refractivity contribution in [3.05, 3.63) is 22.7 Å². The molecule has 1 aliphatic carbocycles. The van der Waals surface area contributed by atoms with Crippen LogP contribution in [0.25, 0.3) is 0 Å². The van der Waals surface area contributed by atoms with E-state index in [1.807, 2.05) is 0 Å². The number of anilines is 1. The molecule has 20 heavy (non-hydrogen) atoms. The first-order valence-electron chi connectivity index (χ1n) is 6.67. The van der Waals surface area contributed by atoms with Crippen LogP contribution in [0, 0.1) is 5.92 Å². The second kappa shape index (κ2) is 6.24. The minimum atomic E-state index is -4.67. The van der Waals surface area contributed by atoms with E-state index in [9.17, 15) is 13.2 Å². The number of ether oxygens (including phenoxy) is 1. The van der Waals surface area contributed by atoms with Crippen molar-refractivity contribution in [2.45, 2.75) is 45.0 Å². The van der Waals surface area contributed by atoms with Crippen molar-refractivity contribution in [2.75, 3.05) is 5.32 Å².